The quantitative estimate of drug-likeness (QED) is 0.669. The van der Waals surface area contributed by atoms with Gasteiger partial charge < -0.3 is 14.6 Å². The second kappa shape index (κ2) is 9.15. The number of rotatable bonds is 5. The van der Waals surface area contributed by atoms with Crippen LogP contribution in [0.25, 0.3) is 0 Å². The van der Waals surface area contributed by atoms with Crippen LogP contribution in [-0.2, 0) is 19.9 Å². The van der Waals surface area contributed by atoms with Crippen molar-refractivity contribution in [1.82, 2.24) is 4.90 Å². The van der Waals surface area contributed by atoms with Crippen molar-refractivity contribution in [2.75, 3.05) is 25.0 Å². The van der Waals surface area contributed by atoms with Crippen LogP contribution >= 0.6 is 0 Å². The minimum Gasteiger partial charge on any atom is -0.458 e. The molecule has 176 valence electrons. The molecule has 0 saturated carbocycles. The number of nitrogens with zero attached hydrogens (tertiary/aromatic N) is 1. The molecule has 3 fully saturated rings. The molecule has 2 N–H and O–H groups in total. The van der Waals surface area contributed by atoms with E-state index in [4.69, 9.17) is 9.47 Å². The van der Waals surface area contributed by atoms with Gasteiger partial charge in [0.2, 0.25) is 5.60 Å². The number of esters is 1. The minimum atomic E-state index is -2.01. The van der Waals surface area contributed by atoms with Crippen LogP contribution in [0.4, 0.5) is 10.5 Å². The van der Waals surface area contributed by atoms with Gasteiger partial charge >= 0.3 is 12.1 Å². The number of carbonyl (C=O) groups excluding carboxylic acids is 2. The minimum absolute atomic E-state index is 0.238. The molecule has 0 radical (unpaired) electrons. The van der Waals surface area contributed by atoms with Crippen LogP contribution in [0.2, 0.25) is 0 Å². The maximum atomic E-state index is 13.5. The molecule has 1 amide bonds. The van der Waals surface area contributed by atoms with Crippen molar-refractivity contribution in [2.24, 2.45) is 5.92 Å². The zero-order valence-corrected chi connectivity index (χ0v) is 19.4. The molecule has 7 heteroatoms. The van der Waals surface area contributed by atoms with Crippen LogP contribution in [0.15, 0.2) is 54.6 Å². The molecule has 3 aliphatic heterocycles. The molecule has 33 heavy (non-hydrogen) atoms. The predicted molar refractivity (Wildman–Crippen MR) is 125 cm³/mol. The van der Waals surface area contributed by atoms with Crippen molar-refractivity contribution >= 4 is 17.7 Å². The number of fused-ring (bicyclic) bond motifs is 3. The fourth-order valence-corrected chi connectivity index (χ4v) is 4.59. The van der Waals surface area contributed by atoms with Crippen LogP contribution < -0.4 is 5.32 Å². The Hall–Kier alpha value is -2.90. The average Bonchev–Trinajstić information content (AvgIpc) is 2.78. The van der Waals surface area contributed by atoms with Gasteiger partial charge in [0.1, 0.15) is 11.7 Å². The van der Waals surface area contributed by atoms with Gasteiger partial charge in [0, 0.05) is 17.8 Å². The Balaban J connectivity index is 1.62. The smallest absolute Gasteiger partial charge is 0.412 e. The predicted octanol–water partition coefficient (Wildman–Crippen LogP) is 3.91. The van der Waals surface area contributed by atoms with E-state index in [-0.39, 0.29) is 6.10 Å². The van der Waals surface area contributed by atoms with Gasteiger partial charge in [-0.15, -0.1) is 0 Å². The highest BCUT2D eigenvalue weighted by Crippen LogP contribution is 2.36. The standard InChI is InChI=1S/C26H32N2O5/c1-25(2,3)33-24(30)27-21-11-7-10-20(16-21)26(31,19-8-5-4-6-9-19)23(29)32-22-17-28-14-12-18(22)13-15-28/h4-11,16,18,22,31H,12-15,17H2,1-3H3,(H,27,30)/t22-,26?/m0/s1. The Bertz CT molecular complexity index is 995. The fraction of sp³-hybridized carbons (Fsp3) is 0.462. The van der Waals surface area contributed by atoms with E-state index in [0.717, 1.165) is 25.9 Å². The first kappa shape index (κ1) is 23.3. The van der Waals surface area contributed by atoms with E-state index < -0.39 is 23.3 Å². The van der Waals surface area contributed by atoms with Gasteiger partial charge in [0.25, 0.3) is 0 Å². The van der Waals surface area contributed by atoms with Crippen molar-refractivity contribution < 1.29 is 24.2 Å². The Labute approximate surface area is 194 Å². The Morgan fingerprint density at radius 3 is 2.27 bits per heavy atom. The van der Waals surface area contributed by atoms with E-state index in [2.05, 4.69) is 10.2 Å². The first-order valence-corrected chi connectivity index (χ1v) is 11.5. The molecule has 2 aromatic carbocycles. The number of carbonyl (C=O) groups is 2. The van der Waals surface area contributed by atoms with Gasteiger partial charge in [0.15, 0.2) is 0 Å². The van der Waals surface area contributed by atoms with Gasteiger partial charge in [-0.3, -0.25) is 10.2 Å². The zero-order valence-electron chi connectivity index (χ0n) is 19.4. The molecule has 2 aromatic rings. The molecular formula is C26H32N2O5. The first-order valence-electron chi connectivity index (χ1n) is 11.5. The molecule has 3 heterocycles. The van der Waals surface area contributed by atoms with Gasteiger partial charge in [0.05, 0.1) is 0 Å². The molecule has 2 bridgehead atoms. The van der Waals surface area contributed by atoms with Gasteiger partial charge in [-0.25, -0.2) is 9.59 Å². The molecule has 3 saturated heterocycles. The number of aliphatic hydroxyl groups is 1. The van der Waals surface area contributed by atoms with E-state index >= 15 is 0 Å². The molecule has 0 spiro atoms. The lowest BCUT2D eigenvalue weighted by Gasteiger charge is -2.44. The van der Waals surface area contributed by atoms with E-state index in [1.165, 1.54) is 0 Å². The summed E-state index contributed by atoms with van der Waals surface area (Å²) in [5.74, 6) is -0.388. The molecule has 7 nitrogen and oxygen atoms in total. The van der Waals surface area contributed by atoms with Crippen molar-refractivity contribution in [3.05, 3.63) is 65.7 Å². The number of hydrogen-bond acceptors (Lipinski definition) is 6. The van der Waals surface area contributed by atoms with Crippen LogP contribution in [0.5, 0.6) is 0 Å². The summed E-state index contributed by atoms with van der Waals surface area (Å²) in [5, 5.41) is 14.5. The maximum Gasteiger partial charge on any atom is 0.412 e. The molecule has 3 aliphatic rings. The second-order valence-corrected chi connectivity index (χ2v) is 9.87. The monoisotopic (exact) mass is 452 g/mol. The van der Waals surface area contributed by atoms with Crippen molar-refractivity contribution in [2.45, 2.75) is 50.9 Å². The first-order chi connectivity index (χ1) is 15.6. The van der Waals surface area contributed by atoms with Gasteiger partial charge in [-0.05, 0) is 70.3 Å². The summed E-state index contributed by atoms with van der Waals surface area (Å²) in [7, 11) is 0. The average molecular weight is 453 g/mol. The highest BCUT2D eigenvalue weighted by Gasteiger charge is 2.45. The number of hydrogen-bond donors (Lipinski definition) is 2. The fourth-order valence-electron chi connectivity index (χ4n) is 4.59. The number of piperidine rings is 3. The summed E-state index contributed by atoms with van der Waals surface area (Å²) >= 11 is 0. The van der Waals surface area contributed by atoms with Crippen LogP contribution in [0.3, 0.4) is 0 Å². The number of anilines is 1. The third-order valence-electron chi connectivity index (χ3n) is 6.27. The normalized spacial score (nSPS) is 23.9. The number of benzene rings is 2. The Morgan fingerprint density at radius 2 is 1.67 bits per heavy atom. The summed E-state index contributed by atoms with van der Waals surface area (Å²) in [6.45, 7) is 8.09. The number of ether oxygens (including phenoxy) is 2. The number of amides is 1. The highest BCUT2D eigenvalue weighted by molar-refractivity contribution is 5.88. The van der Waals surface area contributed by atoms with Crippen molar-refractivity contribution in [3.8, 4) is 0 Å². The van der Waals surface area contributed by atoms with Crippen molar-refractivity contribution in [3.63, 3.8) is 0 Å². The lowest BCUT2D eigenvalue weighted by molar-refractivity contribution is -0.177. The largest absolute Gasteiger partial charge is 0.458 e. The molecule has 1 unspecified atom stereocenters. The summed E-state index contributed by atoms with van der Waals surface area (Å²) in [6, 6.07) is 15.4. The van der Waals surface area contributed by atoms with Crippen LogP contribution in [-0.4, -0.2) is 53.4 Å². The maximum absolute atomic E-state index is 13.5. The van der Waals surface area contributed by atoms with Crippen LogP contribution in [0, 0.1) is 5.92 Å². The second-order valence-electron chi connectivity index (χ2n) is 9.87. The van der Waals surface area contributed by atoms with Gasteiger partial charge in [-0.1, -0.05) is 42.5 Å². The van der Waals surface area contributed by atoms with E-state index in [0.29, 0.717) is 29.3 Å². The van der Waals surface area contributed by atoms with Crippen LogP contribution in [0.1, 0.15) is 44.7 Å². The van der Waals surface area contributed by atoms with E-state index in [1.54, 1.807) is 69.3 Å². The summed E-state index contributed by atoms with van der Waals surface area (Å²) in [5.41, 5.74) is -1.53. The molecule has 5 rings (SSSR count). The lowest BCUT2D eigenvalue weighted by Crippen LogP contribution is -2.53. The Kier molecular flexibility index (Phi) is 6.45. The summed E-state index contributed by atoms with van der Waals surface area (Å²) < 4.78 is 11.3. The Morgan fingerprint density at radius 1 is 1.00 bits per heavy atom. The molecule has 2 atom stereocenters. The molecule has 0 aliphatic carbocycles. The number of nitrogens with one attached hydrogen (secondary N) is 1. The lowest BCUT2D eigenvalue weighted by atomic mass is 9.84. The van der Waals surface area contributed by atoms with E-state index in [9.17, 15) is 14.7 Å². The molecular weight excluding hydrogens is 420 g/mol. The van der Waals surface area contributed by atoms with Gasteiger partial charge in [-0.2, -0.15) is 0 Å². The van der Waals surface area contributed by atoms with E-state index in [1.807, 2.05) is 6.07 Å². The summed E-state index contributed by atoms with van der Waals surface area (Å²) in [4.78, 5) is 28.1. The third kappa shape index (κ3) is 5.20. The highest BCUT2D eigenvalue weighted by atomic mass is 16.6. The SMILES string of the molecule is CC(C)(C)OC(=O)Nc1cccc(C(O)(C(=O)O[C@H]2CN3CCC2CC3)c2ccccc2)c1. The topological polar surface area (TPSA) is 88.1 Å². The van der Waals surface area contributed by atoms with Crippen molar-refractivity contribution in [1.29, 1.82) is 0 Å². The zero-order chi connectivity index (χ0) is 23.6. The molecule has 0 aromatic heterocycles. The third-order valence-corrected chi connectivity index (χ3v) is 6.27. The summed E-state index contributed by atoms with van der Waals surface area (Å²) in [6.07, 6.45) is 1.14.